The minimum absolute atomic E-state index is 0.103. The van der Waals surface area contributed by atoms with Crippen molar-refractivity contribution in [2.24, 2.45) is 5.92 Å². The summed E-state index contributed by atoms with van der Waals surface area (Å²) < 4.78 is 7.00. The zero-order valence-electron chi connectivity index (χ0n) is 22.1. The number of hydrogen-bond donors (Lipinski definition) is 2. The van der Waals surface area contributed by atoms with E-state index >= 15 is 0 Å². The number of aliphatic carboxylic acids is 1. The minimum atomic E-state index is -1.86. The molecule has 0 aromatic carbocycles. The molecule has 0 radical (unpaired) electrons. The first-order valence-corrected chi connectivity index (χ1v) is 16.0. The van der Waals surface area contributed by atoms with Gasteiger partial charge in [-0.1, -0.05) is 77.9 Å². The smallest absolute Gasteiger partial charge is 0.303 e. The number of carbonyl (C=O) groups is 1. The summed E-state index contributed by atoms with van der Waals surface area (Å²) in [5.74, 6) is -0.439. The molecule has 1 aliphatic carbocycles. The molecule has 0 saturated carbocycles. The first-order chi connectivity index (χ1) is 14.8. The Bertz CT molecular complexity index is 593. The lowest BCUT2D eigenvalue weighted by atomic mass is 9.86. The van der Waals surface area contributed by atoms with E-state index in [1.165, 1.54) is 24.8 Å². The van der Waals surface area contributed by atoms with Gasteiger partial charge in [0.15, 0.2) is 8.32 Å². The number of aliphatic hydroxyl groups is 1. The summed E-state index contributed by atoms with van der Waals surface area (Å²) in [6, 6.07) is 0. The number of carboxylic acids is 1. The van der Waals surface area contributed by atoms with Crippen molar-refractivity contribution < 1.29 is 19.4 Å². The molecular formula is C27H52O4Si. The lowest BCUT2D eigenvalue weighted by Gasteiger charge is -2.45. The van der Waals surface area contributed by atoms with Crippen molar-refractivity contribution in [3.05, 3.63) is 11.6 Å². The summed E-state index contributed by atoms with van der Waals surface area (Å²) in [5.41, 5.74) is 1.32. The van der Waals surface area contributed by atoms with Gasteiger partial charge in [0, 0.05) is 12.3 Å². The quantitative estimate of drug-likeness (QED) is 0.137. The van der Waals surface area contributed by atoms with Crippen LogP contribution in [0.4, 0.5) is 0 Å². The van der Waals surface area contributed by atoms with Crippen LogP contribution in [0.25, 0.3) is 0 Å². The van der Waals surface area contributed by atoms with Crippen LogP contribution >= 0.6 is 0 Å². The van der Waals surface area contributed by atoms with Crippen LogP contribution in [-0.4, -0.2) is 36.2 Å². The molecule has 0 aromatic heterocycles. The van der Waals surface area contributed by atoms with Crippen molar-refractivity contribution in [1.29, 1.82) is 0 Å². The van der Waals surface area contributed by atoms with Gasteiger partial charge >= 0.3 is 5.97 Å². The third-order valence-electron chi connectivity index (χ3n) is 7.78. The molecule has 0 aromatic rings. The van der Waals surface area contributed by atoms with Crippen molar-refractivity contribution in [3.8, 4) is 0 Å². The van der Waals surface area contributed by atoms with Crippen LogP contribution in [0.3, 0.4) is 0 Å². The van der Waals surface area contributed by atoms with Crippen LogP contribution in [0, 0.1) is 5.92 Å². The van der Waals surface area contributed by atoms with Crippen LogP contribution in [0.15, 0.2) is 11.6 Å². The van der Waals surface area contributed by atoms with E-state index < -0.39 is 14.3 Å². The van der Waals surface area contributed by atoms with Crippen LogP contribution < -0.4 is 0 Å². The monoisotopic (exact) mass is 468 g/mol. The molecule has 0 bridgehead atoms. The second kappa shape index (κ2) is 13.3. The molecule has 188 valence electrons. The first kappa shape index (κ1) is 29.4. The van der Waals surface area contributed by atoms with Gasteiger partial charge < -0.3 is 14.6 Å². The zero-order chi connectivity index (χ0) is 24.4. The molecule has 0 heterocycles. The van der Waals surface area contributed by atoms with E-state index in [4.69, 9.17) is 9.53 Å². The van der Waals surface area contributed by atoms with Gasteiger partial charge in [-0.05, 0) is 63.6 Å². The first-order valence-electron chi connectivity index (χ1n) is 13.1. The van der Waals surface area contributed by atoms with Gasteiger partial charge in [-0.2, -0.15) is 0 Å². The van der Waals surface area contributed by atoms with E-state index in [0.717, 1.165) is 57.8 Å². The molecule has 0 amide bonds. The fourth-order valence-corrected chi connectivity index (χ4v) is 6.39. The van der Waals surface area contributed by atoms with Crippen LogP contribution in [0.5, 0.6) is 0 Å². The largest absolute Gasteiger partial charge is 0.481 e. The van der Waals surface area contributed by atoms with Gasteiger partial charge in [-0.15, -0.1) is 0 Å². The summed E-state index contributed by atoms with van der Waals surface area (Å²) in [6.07, 6.45) is 14.7. The summed E-state index contributed by atoms with van der Waals surface area (Å²) in [6.45, 7) is 16.2. The molecule has 2 N–H and O–H groups in total. The summed E-state index contributed by atoms with van der Waals surface area (Å²) in [5, 5.41) is 19.5. The fourth-order valence-electron chi connectivity index (χ4n) is 4.65. The lowest BCUT2D eigenvalue weighted by molar-refractivity contribution is -0.137. The standard InChI is InChI=1S/C27H52O4Si/c1-8-9-14-20-27(5,31-32(6,7)26(2,3)4)21-19-22-17-18-24(28)23(22)15-12-10-11-13-16-25(29)30/h17,23-24,28H,8-16,18-21H2,1-7H3,(H,29,30)/t23-,24+,27?/m1/s1. The lowest BCUT2D eigenvalue weighted by Crippen LogP contribution is -2.48. The maximum Gasteiger partial charge on any atom is 0.303 e. The highest BCUT2D eigenvalue weighted by molar-refractivity contribution is 6.74. The maximum atomic E-state index is 10.7. The molecule has 5 heteroatoms. The SMILES string of the molecule is CCCCCC(C)(CCC1=CC[C@H](O)[C@@H]1CCCCCCC(=O)O)O[Si](C)(C)C(C)(C)C. The number of aliphatic hydroxyl groups excluding tert-OH is 1. The molecule has 0 aliphatic heterocycles. The Morgan fingerprint density at radius 2 is 1.72 bits per heavy atom. The van der Waals surface area contributed by atoms with E-state index in [0.29, 0.717) is 0 Å². The highest BCUT2D eigenvalue weighted by Gasteiger charge is 2.43. The van der Waals surface area contributed by atoms with Gasteiger partial charge in [-0.25, -0.2) is 0 Å². The van der Waals surface area contributed by atoms with Gasteiger partial charge in [0.25, 0.3) is 0 Å². The van der Waals surface area contributed by atoms with Crippen molar-refractivity contribution in [1.82, 2.24) is 0 Å². The Morgan fingerprint density at radius 3 is 2.31 bits per heavy atom. The van der Waals surface area contributed by atoms with Crippen molar-refractivity contribution in [3.63, 3.8) is 0 Å². The third-order valence-corrected chi connectivity index (χ3v) is 12.4. The predicted octanol–water partition coefficient (Wildman–Crippen LogP) is 7.86. The molecule has 32 heavy (non-hydrogen) atoms. The van der Waals surface area contributed by atoms with E-state index in [1.807, 2.05) is 0 Å². The van der Waals surface area contributed by atoms with E-state index in [1.54, 1.807) is 0 Å². The molecule has 1 rings (SSSR count). The number of hydrogen-bond acceptors (Lipinski definition) is 3. The Kier molecular flexibility index (Phi) is 12.2. The van der Waals surface area contributed by atoms with Gasteiger partial charge in [0.05, 0.1) is 11.7 Å². The molecule has 4 nitrogen and oxygen atoms in total. The van der Waals surface area contributed by atoms with E-state index in [2.05, 4.69) is 53.8 Å². The second-order valence-electron chi connectivity index (χ2n) is 11.8. The number of carboxylic acid groups (broad SMARTS) is 1. The molecule has 0 fully saturated rings. The zero-order valence-corrected chi connectivity index (χ0v) is 23.1. The number of rotatable bonds is 16. The third kappa shape index (κ3) is 10.1. The Morgan fingerprint density at radius 1 is 1.06 bits per heavy atom. The van der Waals surface area contributed by atoms with Crippen molar-refractivity contribution >= 4 is 14.3 Å². The second-order valence-corrected chi connectivity index (χ2v) is 16.5. The number of unbranched alkanes of at least 4 members (excludes halogenated alkanes) is 5. The van der Waals surface area contributed by atoms with Gasteiger partial charge in [0.2, 0.25) is 0 Å². The Hall–Kier alpha value is -0.653. The molecule has 0 saturated heterocycles. The molecule has 1 aliphatic rings. The average molecular weight is 469 g/mol. The highest BCUT2D eigenvalue weighted by Crippen LogP contribution is 2.43. The predicted molar refractivity (Wildman–Crippen MR) is 138 cm³/mol. The molecule has 1 unspecified atom stereocenters. The summed E-state index contributed by atoms with van der Waals surface area (Å²) in [7, 11) is -1.86. The average Bonchev–Trinajstić information content (AvgIpc) is 3.01. The summed E-state index contributed by atoms with van der Waals surface area (Å²) in [4.78, 5) is 10.7. The Labute approximate surface area is 199 Å². The van der Waals surface area contributed by atoms with Crippen LogP contribution in [0.2, 0.25) is 18.1 Å². The van der Waals surface area contributed by atoms with Gasteiger partial charge in [-0.3, -0.25) is 4.79 Å². The Balaban J connectivity index is 2.68. The molecule has 3 atom stereocenters. The molecular weight excluding hydrogens is 416 g/mol. The van der Waals surface area contributed by atoms with E-state index in [-0.39, 0.29) is 29.1 Å². The minimum Gasteiger partial charge on any atom is -0.481 e. The summed E-state index contributed by atoms with van der Waals surface area (Å²) >= 11 is 0. The maximum absolute atomic E-state index is 10.7. The highest BCUT2D eigenvalue weighted by atomic mass is 28.4. The fraction of sp³-hybridized carbons (Fsp3) is 0.889. The van der Waals surface area contributed by atoms with Crippen LogP contribution in [0.1, 0.15) is 118 Å². The molecule has 0 spiro atoms. The van der Waals surface area contributed by atoms with Crippen LogP contribution in [-0.2, 0) is 9.22 Å². The van der Waals surface area contributed by atoms with Crippen molar-refractivity contribution in [2.75, 3.05) is 0 Å². The topological polar surface area (TPSA) is 66.8 Å². The van der Waals surface area contributed by atoms with E-state index in [9.17, 15) is 9.90 Å². The normalized spacial score (nSPS) is 21.4. The van der Waals surface area contributed by atoms with Gasteiger partial charge in [0.1, 0.15) is 0 Å². The van der Waals surface area contributed by atoms with Crippen molar-refractivity contribution in [2.45, 2.75) is 148 Å².